The van der Waals surface area contributed by atoms with Crippen LogP contribution in [0, 0.1) is 5.92 Å². The van der Waals surface area contributed by atoms with Crippen molar-refractivity contribution in [3.8, 4) is 0 Å². The van der Waals surface area contributed by atoms with E-state index in [9.17, 15) is 0 Å². The van der Waals surface area contributed by atoms with Gasteiger partial charge in [-0.15, -0.1) is 0 Å². The molecule has 1 saturated carbocycles. The van der Waals surface area contributed by atoms with Crippen LogP contribution in [0.15, 0.2) is 4.52 Å². The van der Waals surface area contributed by atoms with Crippen LogP contribution in [0.4, 0.5) is 0 Å². The summed E-state index contributed by atoms with van der Waals surface area (Å²) in [5.41, 5.74) is 0. The molecule has 4 heteroatoms. The first-order valence-corrected chi connectivity index (χ1v) is 7.75. The van der Waals surface area contributed by atoms with Gasteiger partial charge in [0.1, 0.15) is 0 Å². The molecule has 0 spiro atoms. The van der Waals surface area contributed by atoms with E-state index in [1.54, 1.807) is 0 Å². The molecule has 1 atom stereocenters. The third kappa shape index (κ3) is 4.30. The Hall–Kier alpha value is -0.900. The van der Waals surface area contributed by atoms with E-state index in [2.05, 4.69) is 36.2 Å². The van der Waals surface area contributed by atoms with Gasteiger partial charge in [-0.3, -0.25) is 0 Å². The van der Waals surface area contributed by atoms with Gasteiger partial charge in [0.25, 0.3) is 0 Å². The van der Waals surface area contributed by atoms with E-state index in [1.807, 2.05) is 0 Å². The zero-order chi connectivity index (χ0) is 13.7. The summed E-state index contributed by atoms with van der Waals surface area (Å²) < 4.78 is 5.38. The second kappa shape index (κ2) is 7.04. The average molecular weight is 265 g/mol. The lowest BCUT2D eigenvalue weighted by atomic mass is 9.83. The van der Waals surface area contributed by atoms with Crippen molar-refractivity contribution in [2.45, 2.75) is 71.3 Å². The highest BCUT2D eigenvalue weighted by molar-refractivity contribution is 4.97. The van der Waals surface area contributed by atoms with E-state index < -0.39 is 0 Å². The van der Waals surface area contributed by atoms with Gasteiger partial charge in [-0.25, -0.2) is 0 Å². The maximum atomic E-state index is 5.38. The Kier molecular flexibility index (Phi) is 5.37. The largest absolute Gasteiger partial charge is 0.339 e. The summed E-state index contributed by atoms with van der Waals surface area (Å²) in [5.74, 6) is 3.14. The Morgan fingerprint density at radius 2 is 2.05 bits per heavy atom. The lowest BCUT2D eigenvalue weighted by Crippen LogP contribution is -2.25. The molecule has 19 heavy (non-hydrogen) atoms. The van der Waals surface area contributed by atoms with Crippen molar-refractivity contribution in [3.05, 3.63) is 11.7 Å². The minimum absolute atomic E-state index is 0.510. The molecule has 108 valence electrons. The van der Waals surface area contributed by atoms with Crippen LogP contribution in [0.2, 0.25) is 0 Å². The van der Waals surface area contributed by atoms with Crippen molar-refractivity contribution in [1.29, 1.82) is 0 Å². The van der Waals surface area contributed by atoms with Crippen molar-refractivity contribution in [2.75, 3.05) is 6.54 Å². The predicted molar refractivity (Wildman–Crippen MR) is 76.1 cm³/mol. The number of nitrogens with zero attached hydrogens (tertiary/aromatic N) is 2. The molecule has 0 saturated heterocycles. The smallest absolute Gasteiger partial charge is 0.226 e. The van der Waals surface area contributed by atoms with Crippen LogP contribution in [0.3, 0.4) is 0 Å². The van der Waals surface area contributed by atoms with E-state index in [1.165, 1.54) is 25.7 Å². The SMILES string of the molecule is CCNC(C)CCc1nc(C2CCC(C)CC2)no1. The lowest BCUT2D eigenvalue weighted by Gasteiger charge is -2.23. The molecule has 1 unspecified atom stereocenters. The lowest BCUT2D eigenvalue weighted by molar-refractivity contribution is 0.322. The molecule has 0 bridgehead atoms. The van der Waals surface area contributed by atoms with Crippen LogP contribution >= 0.6 is 0 Å². The molecule has 1 heterocycles. The van der Waals surface area contributed by atoms with Crippen molar-refractivity contribution in [2.24, 2.45) is 5.92 Å². The highest BCUT2D eigenvalue weighted by atomic mass is 16.5. The summed E-state index contributed by atoms with van der Waals surface area (Å²) in [4.78, 5) is 4.59. The molecule has 0 radical (unpaired) electrons. The van der Waals surface area contributed by atoms with E-state index in [0.29, 0.717) is 12.0 Å². The summed E-state index contributed by atoms with van der Waals surface area (Å²) in [6.45, 7) is 7.67. The summed E-state index contributed by atoms with van der Waals surface area (Å²) in [7, 11) is 0. The number of nitrogens with one attached hydrogen (secondary N) is 1. The minimum atomic E-state index is 0.510. The third-order valence-corrected chi connectivity index (χ3v) is 4.21. The minimum Gasteiger partial charge on any atom is -0.339 e. The zero-order valence-corrected chi connectivity index (χ0v) is 12.5. The number of aryl methyl sites for hydroxylation is 1. The van der Waals surface area contributed by atoms with Crippen LogP contribution in [0.1, 0.15) is 70.5 Å². The average Bonchev–Trinajstić information content (AvgIpc) is 2.86. The Morgan fingerprint density at radius 1 is 1.32 bits per heavy atom. The van der Waals surface area contributed by atoms with E-state index in [0.717, 1.165) is 37.0 Å². The van der Waals surface area contributed by atoms with Gasteiger partial charge in [0.15, 0.2) is 5.82 Å². The van der Waals surface area contributed by atoms with E-state index >= 15 is 0 Å². The summed E-state index contributed by atoms with van der Waals surface area (Å²) >= 11 is 0. The Labute approximate surface area is 116 Å². The molecule has 1 aliphatic carbocycles. The first-order valence-electron chi connectivity index (χ1n) is 7.75. The maximum Gasteiger partial charge on any atom is 0.226 e. The van der Waals surface area contributed by atoms with Crippen molar-refractivity contribution in [1.82, 2.24) is 15.5 Å². The highest BCUT2D eigenvalue weighted by Crippen LogP contribution is 2.34. The molecule has 1 N–H and O–H groups in total. The predicted octanol–water partition coefficient (Wildman–Crippen LogP) is 3.29. The molecule has 0 aliphatic heterocycles. The molecule has 1 aliphatic rings. The van der Waals surface area contributed by atoms with Crippen LogP contribution in [-0.4, -0.2) is 22.7 Å². The topological polar surface area (TPSA) is 51.0 Å². The highest BCUT2D eigenvalue weighted by Gasteiger charge is 2.23. The van der Waals surface area contributed by atoms with Gasteiger partial charge in [0, 0.05) is 18.4 Å². The third-order valence-electron chi connectivity index (χ3n) is 4.21. The molecule has 4 nitrogen and oxygen atoms in total. The van der Waals surface area contributed by atoms with Crippen LogP contribution in [-0.2, 0) is 6.42 Å². The van der Waals surface area contributed by atoms with E-state index in [4.69, 9.17) is 4.52 Å². The molecule has 2 rings (SSSR count). The maximum absolute atomic E-state index is 5.38. The first kappa shape index (κ1) is 14.5. The monoisotopic (exact) mass is 265 g/mol. The van der Waals surface area contributed by atoms with E-state index in [-0.39, 0.29) is 0 Å². The Morgan fingerprint density at radius 3 is 2.74 bits per heavy atom. The standard InChI is InChI=1S/C15H27N3O/c1-4-16-12(3)7-10-14-17-15(18-19-14)13-8-5-11(2)6-9-13/h11-13,16H,4-10H2,1-3H3. The normalized spacial score (nSPS) is 25.4. The number of hydrogen-bond acceptors (Lipinski definition) is 4. The fourth-order valence-corrected chi connectivity index (χ4v) is 2.84. The molecular weight excluding hydrogens is 238 g/mol. The summed E-state index contributed by atoms with van der Waals surface area (Å²) in [6.07, 6.45) is 6.96. The molecule has 1 aromatic heterocycles. The van der Waals surface area contributed by atoms with Crippen molar-refractivity contribution in [3.63, 3.8) is 0 Å². The fraction of sp³-hybridized carbons (Fsp3) is 0.867. The van der Waals surface area contributed by atoms with Crippen LogP contribution < -0.4 is 5.32 Å². The molecule has 0 amide bonds. The van der Waals surface area contributed by atoms with Gasteiger partial charge in [0.2, 0.25) is 5.89 Å². The van der Waals surface area contributed by atoms with Gasteiger partial charge in [-0.1, -0.05) is 31.8 Å². The number of rotatable bonds is 6. The Balaban J connectivity index is 1.81. The molecular formula is C15H27N3O. The van der Waals surface area contributed by atoms with Crippen molar-refractivity contribution < 1.29 is 4.52 Å². The van der Waals surface area contributed by atoms with Crippen LogP contribution in [0.25, 0.3) is 0 Å². The second-order valence-electron chi connectivity index (χ2n) is 6.00. The van der Waals surface area contributed by atoms with Crippen molar-refractivity contribution >= 4 is 0 Å². The van der Waals surface area contributed by atoms with Gasteiger partial charge < -0.3 is 9.84 Å². The molecule has 1 aromatic rings. The number of aromatic nitrogens is 2. The number of hydrogen-bond donors (Lipinski definition) is 1. The first-order chi connectivity index (χ1) is 9.19. The van der Waals surface area contributed by atoms with Gasteiger partial charge in [0.05, 0.1) is 0 Å². The molecule has 1 fully saturated rings. The second-order valence-corrected chi connectivity index (χ2v) is 6.00. The van der Waals surface area contributed by atoms with Crippen LogP contribution in [0.5, 0.6) is 0 Å². The summed E-state index contributed by atoms with van der Waals surface area (Å²) in [5, 5.41) is 7.58. The quantitative estimate of drug-likeness (QED) is 0.857. The van der Waals surface area contributed by atoms with Gasteiger partial charge in [-0.05, 0) is 38.6 Å². The molecule has 0 aromatic carbocycles. The zero-order valence-electron chi connectivity index (χ0n) is 12.5. The van der Waals surface area contributed by atoms with Gasteiger partial charge >= 0.3 is 0 Å². The van der Waals surface area contributed by atoms with Gasteiger partial charge in [-0.2, -0.15) is 4.98 Å². The Bertz CT molecular complexity index is 369. The summed E-state index contributed by atoms with van der Waals surface area (Å²) in [6, 6.07) is 0.510. The fourth-order valence-electron chi connectivity index (χ4n) is 2.84.